The normalized spacial score (nSPS) is 16.8. The zero-order valence-electron chi connectivity index (χ0n) is 23.4. The van der Waals surface area contributed by atoms with Crippen molar-refractivity contribution in [2.24, 2.45) is 0 Å². The maximum absolute atomic E-state index is 7.26. The molecule has 0 bridgehead atoms. The van der Waals surface area contributed by atoms with E-state index in [1.165, 1.54) is 22.3 Å². The van der Waals surface area contributed by atoms with E-state index in [1.54, 1.807) is 21.3 Å². The van der Waals surface area contributed by atoms with E-state index in [0.29, 0.717) is 5.69 Å². The van der Waals surface area contributed by atoms with Gasteiger partial charge in [-0.2, -0.15) is 0 Å². The van der Waals surface area contributed by atoms with Crippen LogP contribution < -0.4 is 24.7 Å². The van der Waals surface area contributed by atoms with Crippen LogP contribution in [0, 0.1) is 0 Å². The second-order valence-electron chi connectivity index (χ2n) is 10.6. The molecule has 1 atom stereocenters. The van der Waals surface area contributed by atoms with Crippen molar-refractivity contribution in [2.75, 3.05) is 27.1 Å². The van der Waals surface area contributed by atoms with Crippen LogP contribution >= 0.6 is 0 Å². The molecule has 1 heterocycles. The van der Waals surface area contributed by atoms with Crippen LogP contribution in [0.3, 0.4) is 0 Å². The highest BCUT2D eigenvalue weighted by Gasteiger charge is 2.39. The predicted molar refractivity (Wildman–Crippen MR) is 164 cm³/mol. The molecule has 0 radical (unpaired) electrons. The Balaban J connectivity index is 1.51. The molecule has 0 spiro atoms. The van der Waals surface area contributed by atoms with Gasteiger partial charge in [0.2, 0.25) is 0 Å². The monoisotopic (exact) mass is 541 g/mol. The third kappa shape index (κ3) is 3.92. The minimum absolute atomic E-state index is 0.707. The Hall–Kier alpha value is -4.90. The number of ether oxygens (including phenoxy) is 4. The summed E-state index contributed by atoms with van der Waals surface area (Å²) in [5.41, 5.74) is 14.1. The third-order valence-electron chi connectivity index (χ3n) is 8.44. The molecule has 0 saturated heterocycles. The number of rotatable bonds is 5. The number of anilines is 1. The molecule has 7 rings (SSSR count). The van der Waals surface area contributed by atoms with E-state index >= 15 is 0 Å². The number of fused-ring (bicyclic) bond motifs is 8. The number of nitrogen functional groups attached to an aromatic ring is 1. The fourth-order valence-electron chi connectivity index (χ4n) is 6.34. The van der Waals surface area contributed by atoms with Gasteiger partial charge in [-0.05, 0) is 101 Å². The van der Waals surface area contributed by atoms with Gasteiger partial charge in [0, 0.05) is 27.8 Å². The molecule has 1 aliphatic heterocycles. The van der Waals surface area contributed by atoms with Crippen LogP contribution in [0.4, 0.5) is 5.69 Å². The standard InChI is InChI=1S/C36H31NO4/c1-38-26-11-7-24(8-12-26)36(23-5-9-25(37)10-6-23)19-18-32-30-15-4-22-20-27(39-2)13-16-29(22)34(30)31-17-14-28(40-3)21-33(31)35(32)41-36/h5-14,16-21H,4,15,37H2,1-3H3. The van der Waals surface area contributed by atoms with E-state index in [4.69, 9.17) is 24.7 Å². The first-order chi connectivity index (χ1) is 20.0. The van der Waals surface area contributed by atoms with Gasteiger partial charge in [0.15, 0.2) is 5.60 Å². The number of hydrogen-bond acceptors (Lipinski definition) is 5. The predicted octanol–water partition coefficient (Wildman–Crippen LogP) is 7.56. The molecule has 5 nitrogen and oxygen atoms in total. The molecular formula is C36H31NO4. The highest BCUT2D eigenvalue weighted by Crippen LogP contribution is 2.52. The highest BCUT2D eigenvalue weighted by molar-refractivity contribution is 6.06. The minimum Gasteiger partial charge on any atom is -0.497 e. The van der Waals surface area contributed by atoms with Crippen LogP contribution in [0.1, 0.15) is 27.8 Å². The van der Waals surface area contributed by atoms with Gasteiger partial charge in [0.1, 0.15) is 23.0 Å². The Morgan fingerprint density at radius 3 is 2.02 bits per heavy atom. The summed E-state index contributed by atoms with van der Waals surface area (Å²) >= 11 is 0. The summed E-state index contributed by atoms with van der Waals surface area (Å²) in [5.74, 6) is 3.31. The summed E-state index contributed by atoms with van der Waals surface area (Å²) in [4.78, 5) is 0. The van der Waals surface area contributed by atoms with Crippen molar-refractivity contribution < 1.29 is 18.9 Å². The van der Waals surface area contributed by atoms with E-state index in [1.807, 2.05) is 48.5 Å². The van der Waals surface area contributed by atoms with Crippen LogP contribution in [-0.2, 0) is 18.4 Å². The fourth-order valence-corrected chi connectivity index (χ4v) is 6.34. The second-order valence-corrected chi connectivity index (χ2v) is 10.6. The largest absolute Gasteiger partial charge is 0.497 e. The summed E-state index contributed by atoms with van der Waals surface area (Å²) < 4.78 is 24.0. The molecule has 41 heavy (non-hydrogen) atoms. The molecule has 5 aromatic carbocycles. The molecular weight excluding hydrogens is 510 g/mol. The van der Waals surface area contributed by atoms with Gasteiger partial charge in [-0.1, -0.05) is 36.4 Å². The van der Waals surface area contributed by atoms with E-state index in [2.05, 4.69) is 48.6 Å². The maximum atomic E-state index is 7.26. The van der Waals surface area contributed by atoms with Gasteiger partial charge in [-0.15, -0.1) is 0 Å². The maximum Gasteiger partial charge on any atom is 0.178 e. The van der Waals surface area contributed by atoms with Crippen molar-refractivity contribution in [3.05, 3.63) is 119 Å². The lowest BCUT2D eigenvalue weighted by molar-refractivity contribution is 0.163. The Morgan fingerprint density at radius 2 is 1.32 bits per heavy atom. The lowest BCUT2D eigenvalue weighted by Crippen LogP contribution is -2.34. The summed E-state index contributed by atoms with van der Waals surface area (Å²) in [6, 6.07) is 28.7. The molecule has 1 aliphatic carbocycles. The summed E-state index contributed by atoms with van der Waals surface area (Å²) in [6.07, 6.45) is 6.26. The molecule has 2 N–H and O–H groups in total. The SMILES string of the molecule is COc1ccc(C2(c3ccc(N)cc3)C=Cc3c4c(c5ccc(OC)cc5c3O2)-c2ccc(OC)cc2CC4)cc1. The molecule has 5 aromatic rings. The zero-order chi connectivity index (χ0) is 28.1. The van der Waals surface area contributed by atoms with E-state index in [-0.39, 0.29) is 0 Å². The fraction of sp³-hybridized carbons (Fsp3) is 0.167. The van der Waals surface area contributed by atoms with Gasteiger partial charge in [0.05, 0.1) is 21.3 Å². The molecule has 0 fully saturated rings. The smallest absolute Gasteiger partial charge is 0.178 e. The molecule has 204 valence electrons. The topological polar surface area (TPSA) is 62.9 Å². The Kier molecular flexibility index (Phi) is 5.89. The van der Waals surface area contributed by atoms with Gasteiger partial charge in [-0.25, -0.2) is 0 Å². The summed E-state index contributed by atoms with van der Waals surface area (Å²) in [7, 11) is 5.09. The number of hydrogen-bond donors (Lipinski definition) is 1. The van der Waals surface area contributed by atoms with Crippen molar-refractivity contribution in [3.63, 3.8) is 0 Å². The van der Waals surface area contributed by atoms with Crippen molar-refractivity contribution in [3.8, 4) is 34.1 Å². The summed E-state index contributed by atoms with van der Waals surface area (Å²) in [5, 5.41) is 2.15. The minimum atomic E-state index is -0.864. The highest BCUT2D eigenvalue weighted by atomic mass is 16.5. The molecule has 2 aliphatic rings. The Labute approximate surface area is 239 Å². The lowest BCUT2D eigenvalue weighted by Gasteiger charge is -2.38. The first-order valence-electron chi connectivity index (χ1n) is 13.8. The lowest BCUT2D eigenvalue weighted by atomic mass is 9.77. The molecule has 1 unspecified atom stereocenters. The average molecular weight is 542 g/mol. The number of nitrogens with two attached hydrogens (primary N) is 1. The van der Waals surface area contributed by atoms with E-state index in [9.17, 15) is 0 Å². The van der Waals surface area contributed by atoms with Gasteiger partial charge in [0.25, 0.3) is 0 Å². The van der Waals surface area contributed by atoms with E-state index < -0.39 is 5.60 Å². The van der Waals surface area contributed by atoms with E-state index in [0.717, 1.165) is 63.3 Å². The molecule has 0 amide bonds. The van der Waals surface area contributed by atoms with Crippen LogP contribution in [0.25, 0.3) is 28.0 Å². The Bertz CT molecular complexity index is 1820. The molecule has 0 saturated carbocycles. The van der Waals surface area contributed by atoms with Gasteiger partial charge < -0.3 is 24.7 Å². The van der Waals surface area contributed by atoms with Gasteiger partial charge in [-0.3, -0.25) is 0 Å². The Morgan fingerprint density at radius 1 is 0.683 bits per heavy atom. The van der Waals surface area contributed by atoms with Crippen LogP contribution in [0.5, 0.6) is 23.0 Å². The van der Waals surface area contributed by atoms with Gasteiger partial charge >= 0.3 is 0 Å². The summed E-state index contributed by atoms with van der Waals surface area (Å²) in [6.45, 7) is 0. The molecule has 5 heteroatoms. The number of methoxy groups -OCH3 is 3. The average Bonchev–Trinajstić information content (AvgIpc) is 3.04. The number of benzene rings is 5. The number of aryl methyl sites for hydroxylation is 1. The van der Waals surface area contributed by atoms with Crippen molar-refractivity contribution in [2.45, 2.75) is 18.4 Å². The second kappa shape index (κ2) is 9.63. The van der Waals surface area contributed by atoms with Crippen molar-refractivity contribution >= 4 is 22.5 Å². The van der Waals surface area contributed by atoms with Crippen molar-refractivity contribution in [1.82, 2.24) is 0 Å². The van der Waals surface area contributed by atoms with Crippen LogP contribution in [0.2, 0.25) is 0 Å². The third-order valence-corrected chi connectivity index (χ3v) is 8.44. The van der Waals surface area contributed by atoms with Crippen LogP contribution in [-0.4, -0.2) is 21.3 Å². The van der Waals surface area contributed by atoms with Crippen LogP contribution in [0.15, 0.2) is 91.0 Å². The van der Waals surface area contributed by atoms with Crippen molar-refractivity contribution in [1.29, 1.82) is 0 Å². The first-order valence-corrected chi connectivity index (χ1v) is 13.8. The molecule has 0 aromatic heterocycles. The zero-order valence-corrected chi connectivity index (χ0v) is 23.4. The quantitative estimate of drug-likeness (QED) is 0.233. The first kappa shape index (κ1) is 25.1.